The Bertz CT molecular complexity index is 626. The van der Waals surface area contributed by atoms with Crippen LogP contribution in [0.2, 0.25) is 0 Å². The number of carbonyl (C=O) groups is 1. The van der Waals surface area contributed by atoms with Crippen molar-refractivity contribution in [2.75, 3.05) is 13.7 Å². The summed E-state index contributed by atoms with van der Waals surface area (Å²) in [6.45, 7) is 7.56. The van der Waals surface area contributed by atoms with Crippen LogP contribution in [0, 0.1) is 40.4 Å². The van der Waals surface area contributed by atoms with E-state index < -0.39 is 0 Å². The van der Waals surface area contributed by atoms with Gasteiger partial charge in [-0.3, -0.25) is 4.79 Å². The lowest BCUT2D eigenvalue weighted by Gasteiger charge is -2.63. The van der Waals surface area contributed by atoms with E-state index in [4.69, 9.17) is 15.2 Å². The molecule has 0 aromatic carbocycles. The molecule has 0 spiro atoms. The summed E-state index contributed by atoms with van der Waals surface area (Å²) >= 11 is 0. The monoisotopic (exact) mass is 407 g/mol. The van der Waals surface area contributed by atoms with Crippen LogP contribution in [-0.4, -0.2) is 43.0 Å². The Morgan fingerprint density at radius 3 is 2.59 bits per heavy atom. The molecule has 0 bridgehead atoms. The lowest BCUT2D eigenvalue weighted by molar-refractivity contribution is -0.180. The van der Waals surface area contributed by atoms with Crippen LogP contribution in [0.1, 0.15) is 72.1 Å². The minimum Gasteiger partial charge on any atom is -0.469 e. The molecule has 0 radical (unpaired) electrons. The van der Waals surface area contributed by atoms with Crippen molar-refractivity contribution >= 4 is 5.97 Å². The van der Waals surface area contributed by atoms with E-state index in [0.717, 1.165) is 44.9 Å². The smallest absolute Gasteiger partial charge is 0.309 e. The molecule has 0 aromatic rings. The Morgan fingerprint density at radius 1 is 1.14 bits per heavy atom. The summed E-state index contributed by atoms with van der Waals surface area (Å²) in [5.41, 5.74) is 7.03. The Kier molecular flexibility index (Phi) is 5.80. The van der Waals surface area contributed by atoms with Crippen molar-refractivity contribution in [1.82, 2.24) is 0 Å². The molecule has 3 N–H and O–H groups in total. The van der Waals surface area contributed by atoms with Gasteiger partial charge < -0.3 is 20.3 Å². The molecule has 166 valence electrons. The molecule has 4 rings (SSSR count). The molecule has 10 atom stereocenters. The maximum absolute atomic E-state index is 12.5. The molecule has 5 heteroatoms. The van der Waals surface area contributed by atoms with Gasteiger partial charge in [-0.25, -0.2) is 0 Å². The lowest BCUT2D eigenvalue weighted by atomic mass is 9.43. The molecule has 4 aliphatic carbocycles. The number of methoxy groups -OCH3 is 1. The molecule has 4 saturated carbocycles. The predicted molar refractivity (Wildman–Crippen MR) is 112 cm³/mol. The fourth-order valence-corrected chi connectivity index (χ4v) is 8.49. The van der Waals surface area contributed by atoms with Crippen molar-refractivity contribution in [3.8, 4) is 0 Å². The van der Waals surface area contributed by atoms with Crippen LogP contribution in [0.15, 0.2) is 0 Å². The molecule has 0 aromatic heterocycles. The zero-order valence-electron chi connectivity index (χ0n) is 18.7. The number of esters is 1. The Balaban J connectivity index is 1.61. The topological polar surface area (TPSA) is 81.8 Å². The number of aliphatic hydroxyl groups excluding tert-OH is 1. The second kappa shape index (κ2) is 7.80. The second-order valence-electron chi connectivity index (χ2n) is 11.0. The second-order valence-corrected chi connectivity index (χ2v) is 11.0. The van der Waals surface area contributed by atoms with Gasteiger partial charge >= 0.3 is 5.97 Å². The summed E-state index contributed by atoms with van der Waals surface area (Å²) in [7, 11) is 1.51. The highest BCUT2D eigenvalue weighted by Crippen LogP contribution is 2.67. The van der Waals surface area contributed by atoms with Crippen LogP contribution in [0.25, 0.3) is 0 Å². The molecule has 4 aliphatic rings. The van der Waals surface area contributed by atoms with Gasteiger partial charge in [0, 0.05) is 12.6 Å². The van der Waals surface area contributed by atoms with Crippen molar-refractivity contribution < 1.29 is 19.4 Å². The van der Waals surface area contributed by atoms with Gasteiger partial charge in [0.15, 0.2) is 0 Å². The van der Waals surface area contributed by atoms with Gasteiger partial charge in [0.2, 0.25) is 0 Å². The fraction of sp³-hybridized carbons (Fsp3) is 0.958. The molecular weight excluding hydrogens is 366 g/mol. The molecule has 0 unspecified atom stereocenters. The van der Waals surface area contributed by atoms with E-state index in [-0.39, 0.29) is 41.0 Å². The van der Waals surface area contributed by atoms with Crippen molar-refractivity contribution in [2.45, 2.75) is 90.4 Å². The summed E-state index contributed by atoms with van der Waals surface area (Å²) in [6.07, 6.45) is 7.61. The fourth-order valence-electron chi connectivity index (χ4n) is 8.49. The number of hydrogen-bond donors (Lipinski definition) is 2. The average molecular weight is 408 g/mol. The number of rotatable bonds is 4. The molecule has 29 heavy (non-hydrogen) atoms. The first-order valence-electron chi connectivity index (χ1n) is 11.9. The molecule has 4 fully saturated rings. The standard InChI is InChI=1S/C24H41NO4/c1-5-10-29-20-13-23(2)14(11-19(20)26)6-7-15-16-8-9-17(22(27)28-4)24(16,3)12-18(25)21(15)23/h14-21,26H,5-13,25H2,1-4H3/t14-,15-,16-,17+,18+,19-,20-,21+,23-,24-/m0/s1. The van der Waals surface area contributed by atoms with Gasteiger partial charge in [-0.15, -0.1) is 0 Å². The third-order valence-electron chi connectivity index (χ3n) is 9.68. The van der Waals surface area contributed by atoms with Crippen LogP contribution in [0.3, 0.4) is 0 Å². The zero-order chi connectivity index (χ0) is 21.0. The molecule has 0 saturated heterocycles. The van der Waals surface area contributed by atoms with E-state index in [1.807, 2.05) is 0 Å². The van der Waals surface area contributed by atoms with Crippen molar-refractivity contribution in [2.24, 2.45) is 46.2 Å². The van der Waals surface area contributed by atoms with E-state index in [1.165, 1.54) is 13.5 Å². The van der Waals surface area contributed by atoms with Gasteiger partial charge in [-0.05, 0) is 85.9 Å². The Labute approximate surface area is 176 Å². The maximum Gasteiger partial charge on any atom is 0.309 e. The SMILES string of the molecule is CCCO[C@H]1C[C@@]2(C)[C@@H](CC[C@@H]3[C@@H]2[C@H](N)C[C@]2(C)[C@@H](C(=O)OC)CC[C@@H]32)C[C@@H]1O. The maximum atomic E-state index is 12.5. The molecule has 0 amide bonds. The highest BCUT2D eigenvalue weighted by molar-refractivity contribution is 5.73. The zero-order valence-corrected chi connectivity index (χ0v) is 18.7. The van der Waals surface area contributed by atoms with Crippen LogP contribution >= 0.6 is 0 Å². The van der Waals surface area contributed by atoms with E-state index in [2.05, 4.69) is 20.8 Å². The normalized spacial score (nSPS) is 51.7. The number of fused-ring (bicyclic) bond motifs is 5. The summed E-state index contributed by atoms with van der Waals surface area (Å²) in [5.74, 6) is 2.04. The quantitative estimate of drug-likeness (QED) is 0.697. The van der Waals surface area contributed by atoms with Crippen LogP contribution in [-0.2, 0) is 14.3 Å². The predicted octanol–water partition coefficient (Wildman–Crippen LogP) is 3.52. The van der Waals surface area contributed by atoms with Gasteiger partial charge in [-0.1, -0.05) is 20.8 Å². The Hall–Kier alpha value is -0.650. The number of nitrogens with two attached hydrogens (primary N) is 1. The molecule has 5 nitrogen and oxygen atoms in total. The van der Waals surface area contributed by atoms with Crippen LogP contribution in [0.4, 0.5) is 0 Å². The third-order valence-corrected chi connectivity index (χ3v) is 9.68. The van der Waals surface area contributed by atoms with Crippen molar-refractivity contribution in [3.05, 3.63) is 0 Å². The molecule has 0 heterocycles. The summed E-state index contributed by atoms with van der Waals surface area (Å²) in [5, 5.41) is 10.7. The van der Waals surface area contributed by atoms with E-state index in [0.29, 0.717) is 30.3 Å². The lowest BCUT2D eigenvalue weighted by Crippen LogP contribution is -2.63. The summed E-state index contributed by atoms with van der Waals surface area (Å²) < 4.78 is 11.3. The highest BCUT2D eigenvalue weighted by atomic mass is 16.5. The Morgan fingerprint density at radius 2 is 1.90 bits per heavy atom. The third kappa shape index (κ3) is 3.27. The summed E-state index contributed by atoms with van der Waals surface area (Å²) in [4.78, 5) is 12.5. The first-order valence-corrected chi connectivity index (χ1v) is 11.9. The van der Waals surface area contributed by atoms with Crippen molar-refractivity contribution in [3.63, 3.8) is 0 Å². The number of aliphatic hydroxyl groups is 1. The molecular formula is C24H41NO4. The summed E-state index contributed by atoms with van der Waals surface area (Å²) in [6, 6.07) is 0.0985. The number of ether oxygens (including phenoxy) is 2. The van der Waals surface area contributed by atoms with Gasteiger partial charge in [0.25, 0.3) is 0 Å². The van der Waals surface area contributed by atoms with Gasteiger partial charge in [0.05, 0.1) is 25.2 Å². The van der Waals surface area contributed by atoms with Gasteiger partial charge in [-0.2, -0.15) is 0 Å². The highest BCUT2D eigenvalue weighted by Gasteiger charge is 2.64. The van der Waals surface area contributed by atoms with E-state index in [1.54, 1.807) is 0 Å². The first kappa shape index (κ1) is 21.6. The van der Waals surface area contributed by atoms with Crippen molar-refractivity contribution in [1.29, 1.82) is 0 Å². The van der Waals surface area contributed by atoms with Crippen LogP contribution < -0.4 is 5.73 Å². The average Bonchev–Trinajstić information content (AvgIpc) is 3.02. The van der Waals surface area contributed by atoms with Gasteiger partial charge in [0.1, 0.15) is 0 Å². The number of hydrogen-bond acceptors (Lipinski definition) is 5. The van der Waals surface area contributed by atoms with E-state index in [9.17, 15) is 9.90 Å². The first-order chi connectivity index (χ1) is 13.8. The largest absolute Gasteiger partial charge is 0.469 e. The number of carbonyl (C=O) groups excluding carboxylic acids is 1. The van der Waals surface area contributed by atoms with E-state index >= 15 is 0 Å². The minimum atomic E-state index is -0.351. The van der Waals surface area contributed by atoms with Crippen LogP contribution in [0.5, 0.6) is 0 Å². The minimum absolute atomic E-state index is 0.0103. The molecule has 0 aliphatic heterocycles.